The lowest BCUT2D eigenvalue weighted by Crippen LogP contribution is -2.17. The highest BCUT2D eigenvalue weighted by atomic mass is 35.5. The second-order valence-electron chi connectivity index (χ2n) is 5.39. The molecule has 2 N–H and O–H groups in total. The summed E-state index contributed by atoms with van der Waals surface area (Å²) >= 11 is 6.05. The highest BCUT2D eigenvalue weighted by molar-refractivity contribution is 6.31. The maximum atomic E-state index is 9.42. The third kappa shape index (κ3) is 3.84. The highest BCUT2D eigenvalue weighted by Crippen LogP contribution is 2.28. The molecule has 2 aromatic rings. The summed E-state index contributed by atoms with van der Waals surface area (Å²) in [5.74, 6) is 0.291. The number of fused-ring (bicyclic) bond motifs is 1. The van der Waals surface area contributed by atoms with Crippen LogP contribution in [0.4, 0.5) is 5.69 Å². The van der Waals surface area contributed by atoms with E-state index >= 15 is 0 Å². The van der Waals surface area contributed by atoms with E-state index in [-0.39, 0.29) is 6.10 Å². The number of aromatic nitrogens is 1. The van der Waals surface area contributed by atoms with Gasteiger partial charge in [0.1, 0.15) is 6.07 Å². The van der Waals surface area contributed by atoms with Crippen molar-refractivity contribution in [3.05, 3.63) is 35.0 Å². The van der Waals surface area contributed by atoms with Crippen LogP contribution in [-0.2, 0) is 0 Å². The van der Waals surface area contributed by atoms with Crippen molar-refractivity contribution >= 4 is 28.2 Å². The lowest BCUT2D eigenvalue weighted by Gasteiger charge is -2.17. The smallest absolute Gasteiger partial charge is 0.103 e. The quantitative estimate of drug-likeness (QED) is 0.886. The lowest BCUT2D eigenvalue weighted by atomic mass is 10.0. The number of aliphatic hydroxyl groups excluding tert-OH is 1. The molecule has 2 atom stereocenters. The average molecular weight is 304 g/mol. The van der Waals surface area contributed by atoms with Crippen LogP contribution in [0.5, 0.6) is 0 Å². The molecule has 0 aliphatic rings. The zero-order valence-corrected chi connectivity index (χ0v) is 12.9. The minimum Gasteiger partial charge on any atom is -0.393 e. The van der Waals surface area contributed by atoms with Crippen LogP contribution in [0.1, 0.15) is 25.8 Å². The van der Waals surface area contributed by atoms with Gasteiger partial charge in [0.25, 0.3) is 0 Å². The van der Waals surface area contributed by atoms with Crippen LogP contribution in [-0.4, -0.2) is 22.7 Å². The molecule has 0 aliphatic heterocycles. The fourth-order valence-corrected chi connectivity index (χ4v) is 2.55. The number of anilines is 1. The van der Waals surface area contributed by atoms with Crippen LogP contribution in [0.25, 0.3) is 10.9 Å². The number of nitriles is 1. The number of benzene rings is 1. The Hall–Kier alpha value is -1.83. The maximum Gasteiger partial charge on any atom is 0.103 e. The normalized spacial score (nSPS) is 13.7. The Morgan fingerprint density at radius 2 is 2.19 bits per heavy atom. The van der Waals surface area contributed by atoms with Crippen molar-refractivity contribution in [1.82, 2.24) is 4.98 Å². The van der Waals surface area contributed by atoms with E-state index in [1.807, 2.05) is 12.1 Å². The third-order valence-electron chi connectivity index (χ3n) is 3.32. The van der Waals surface area contributed by atoms with Gasteiger partial charge in [0.05, 0.1) is 22.9 Å². The molecular weight excluding hydrogens is 286 g/mol. The van der Waals surface area contributed by atoms with Crippen molar-refractivity contribution in [2.45, 2.75) is 26.4 Å². The summed E-state index contributed by atoms with van der Waals surface area (Å²) in [4.78, 5) is 4.27. The second-order valence-corrected chi connectivity index (χ2v) is 5.83. The summed E-state index contributed by atoms with van der Waals surface area (Å²) < 4.78 is 0. The Bertz CT molecular complexity index is 679. The summed E-state index contributed by atoms with van der Waals surface area (Å²) in [5.41, 5.74) is 2.04. The van der Waals surface area contributed by atoms with Gasteiger partial charge in [0.15, 0.2) is 0 Å². The number of halogens is 1. The van der Waals surface area contributed by atoms with Gasteiger partial charge in [0.2, 0.25) is 0 Å². The first-order chi connectivity index (χ1) is 10.0. The van der Waals surface area contributed by atoms with Gasteiger partial charge in [-0.25, -0.2) is 0 Å². The number of hydrogen-bond donors (Lipinski definition) is 2. The SMILES string of the molecule is C[C@H](CNc1c(C#N)cnc2ccc(Cl)cc12)C[C@H](C)O. The van der Waals surface area contributed by atoms with Crippen LogP contribution >= 0.6 is 11.6 Å². The third-order valence-corrected chi connectivity index (χ3v) is 3.56. The largest absolute Gasteiger partial charge is 0.393 e. The average Bonchev–Trinajstić information content (AvgIpc) is 2.43. The molecule has 5 heteroatoms. The first kappa shape index (κ1) is 15.6. The van der Waals surface area contributed by atoms with E-state index in [0.717, 1.165) is 16.6 Å². The predicted molar refractivity (Wildman–Crippen MR) is 85.4 cm³/mol. The molecular formula is C16H18ClN3O. The predicted octanol–water partition coefficient (Wildman–Crippen LogP) is 3.58. The molecule has 0 saturated heterocycles. The van der Waals surface area contributed by atoms with Crippen molar-refractivity contribution in [3.63, 3.8) is 0 Å². The van der Waals surface area contributed by atoms with Crippen LogP contribution in [0.3, 0.4) is 0 Å². The molecule has 0 bridgehead atoms. The molecule has 0 amide bonds. The molecule has 0 aliphatic carbocycles. The Morgan fingerprint density at radius 1 is 1.43 bits per heavy atom. The Labute approximate surface area is 129 Å². The van der Waals surface area contributed by atoms with E-state index in [1.54, 1.807) is 19.2 Å². The zero-order chi connectivity index (χ0) is 15.4. The molecule has 0 radical (unpaired) electrons. The van der Waals surface area contributed by atoms with Crippen LogP contribution in [0.15, 0.2) is 24.4 Å². The minimum absolute atomic E-state index is 0.291. The first-order valence-electron chi connectivity index (χ1n) is 6.91. The van der Waals surface area contributed by atoms with Gasteiger partial charge in [-0.05, 0) is 37.5 Å². The van der Waals surface area contributed by atoms with Gasteiger partial charge in [0, 0.05) is 23.2 Å². The van der Waals surface area contributed by atoms with Crippen LogP contribution in [0.2, 0.25) is 5.02 Å². The molecule has 1 aromatic carbocycles. The molecule has 0 spiro atoms. The van der Waals surface area contributed by atoms with Crippen molar-refractivity contribution in [3.8, 4) is 6.07 Å². The maximum absolute atomic E-state index is 9.42. The lowest BCUT2D eigenvalue weighted by molar-refractivity contribution is 0.166. The topological polar surface area (TPSA) is 68.9 Å². The van der Waals surface area contributed by atoms with Gasteiger partial charge in [-0.15, -0.1) is 0 Å². The summed E-state index contributed by atoms with van der Waals surface area (Å²) in [7, 11) is 0. The number of pyridine rings is 1. The number of hydrogen-bond acceptors (Lipinski definition) is 4. The summed E-state index contributed by atoms with van der Waals surface area (Å²) in [6.45, 7) is 4.51. The van der Waals surface area contributed by atoms with E-state index < -0.39 is 0 Å². The molecule has 4 nitrogen and oxygen atoms in total. The fourth-order valence-electron chi connectivity index (χ4n) is 2.38. The van der Waals surface area contributed by atoms with E-state index in [1.165, 1.54) is 0 Å². The first-order valence-corrected chi connectivity index (χ1v) is 7.29. The molecule has 1 heterocycles. The van der Waals surface area contributed by atoms with Crippen molar-refractivity contribution in [2.24, 2.45) is 5.92 Å². The van der Waals surface area contributed by atoms with E-state index in [0.29, 0.717) is 29.5 Å². The summed E-state index contributed by atoms with van der Waals surface area (Å²) in [6, 6.07) is 7.58. The number of nitrogens with one attached hydrogen (secondary N) is 1. The zero-order valence-electron chi connectivity index (χ0n) is 12.1. The Kier molecular flexibility index (Phi) is 5.00. The number of rotatable bonds is 5. The molecule has 0 saturated carbocycles. The molecule has 2 rings (SSSR count). The van der Waals surface area contributed by atoms with Gasteiger partial charge < -0.3 is 10.4 Å². The molecule has 110 valence electrons. The molecule has 0 fully saturated rings. The van der Waals surface area contributed by atoms with Crippen molar-refractivity contribution in [2.75, 3.05) is 11.9 Å². The van der Waals surface area contributed by atoms with Crippen molar-refractivity contribution < 1.29 is 5.11 Å². The Balaban J connectivity index is 2.32. The highest BCUT2D eigenvalue weighted by Gasteiger charge is 2.11. The summed E-state index contributed by atoms with van der Waals surface area (Å²) in [6.07, 6.45) is 1.94. The minimum atomic E-state index is -0.333. The van der Waals surface area contributed by atoms with E-state index in [4.69, 9.17) is 11.6 Å². The van der Waals surface area contributed by atoms with Gasteiger partial charge in [-0.3, -0.25) is 4.98 Å². The molecule has 1 aromatic heterocycles. The fraction of sp³-hybridized carbons (Fsp3) is 0.375. The number of aliphatic hydroxyl groups is 1. The standard InChI is InChI=1S/C16H18ClN3O/c1-10(5-11(2)21)8-20-16-12(7-18)9-19-15-4-3-13(17)6-14(15)16/h3-4,6,9-11,21H,5,8H2,1-2H3,(H,19,20)/t10-,11-/m0/s1. The van der Waals surface area contributed by atoms with Crippen LogP contribution < -0.4 is 5.32 Å². The van der Waals surface area contributed by atoms with Crippen LogP contribution in [0, 0.1) is 17.2 Å². The monoisotopic (exact) mass is 303 g/mol. The molecule has 0 unspecified atom stereocenters. The summed E-state index contributed by atoms with van der Waals surface area (Å²) in [5, 5.41) is 23.4. The van der Waals surface area contributed by atoms with Gasteiger partial charge in [-0.1, -0.05) is 18.5 Å². The molecule has 21 heavy (non-hydrogen) atoms. The van der Waals surface area contributed by atoms with Gasteiger partial charge in [-0.2, -0.15) is 5.26 Å². The van der Waals surface area contributed by atoms with Gasteiger partial charge >= 0.3 is 0 Å². The Morgan fingerprint density at radius 3 is 2.86 bits per heavy atom. The van der Waals surface area contributed by atoms with Crippen molar-refractivity contribution in [1.29, 1.82) is 5.26 Å². The second kappa shape index (κ2) is 6.75. The van der Waals surface area contributed by atoms with E-state index in [9.17, 15) is 10.4 Å². The number of nitrogens with zero attached hydrogens (tertiary/aromatic N) is 2. The van der Waals surface area contributed by atoms with E-state index in [2.05, 4.69) is 23.3 Å².